The van der Waals surface area contributed by atoms with Gasteiger partial charge in [-0.1, -0.05) is 11.6 Å². The number of carboxylic acid groups (broad SMARTS) is 1. The van der Waals surface area contributed by atoms with E-state index in [0.29, 0.717) is 25.9 Å². The van der Waals surface area contributed by atoms with Gasteiger partial charge in [0.2, 0.25) is 0 Å². The highest BCUT2D eigenvalue weighted by Gasteiger charge is 2.30. The Hall–Kier alpha value is -1.52. The van der Waals surface area contributed by atoms with E-state index in [1.165, 1.54) is 0 Å². The van der Waals surface area contributed by atoms with Gasteiger partial charge in [0, 0.05) is 13.1 Å². The molecule has 0 aromatic heterocycles. The predicted octanol–water partition coefficient (Wildman–Crippen LogP) is 3.05. The molecule has 0 fully saturated rings. The second-order valence-electron chi connectivity index (χ2n) is 6.90. The van der Waals surface area contributed by atoms with Crippen molar-refractivity contribution in [1.82, 2.24) is 4.90 Å². The van der Waals surface area contributed by atoms with Crippen molar-refractivity contribution in [3.63, 3.8) is 0 Å². The van der Waals surface area contributed by atoms with Crippen molar-refractivity contribution in [2.45, 2.75) is 53.1 Å². The molecule has 1 N–H and O–H groups in total. The quantitative estimate of drug-likeness (QED) is 0.808. The first-order valence-corrected chi connectivity index (χ1v) is 6.90. The highest BCUT2D eigenvalue weighted by Crippen LogP contribution is 2.29. The molecule has 1 amide bonds. The van der Waals surface area contributed by atoms with Crippen LogP contribution in [0.3, 0.4) is 0 Å². The van der Waals surface area contributed by atoms with Gasteiger partial charge < -0.3 is 14.7 Å². The van der Waals surface area contributed by atoms with Crippen LogP contribution in [0, 0.1) is 5.41 Å². The molecule has 1 heterocycles. The van der Waals surface area contributed by atoms with Gasteiger partial charge in [-0.05, 0) is 47.5 Å². The molecule has 0 radical (unpaired) electrons. The molecular formula is C15H25NO4. The van der Waals surface area contributed by atoms with Gasteiger partial charge in [-0.25, -0.2) is 4.79 Å². The molecular weight excluding hydrogens is 258 g/mol. The van der Waals surface area contributed by atoms with E-state index in [0.717, 1.165) is 5.57 Å². The Morgan fingerprint density at radius 3 is 2.30 bits per heavy atom. The first kappa shape index (κ1) is 16.5. The number of carboxylic acids is 1. The van der Waals surface area contributed by atoms with Crippen LogP contribution in [0.5, 0.6) is 0 Å². The molecule has 0 saturated carbocycles. The number of rotatable bonds is 3. The van der Waals surface area contributed by atoms with Gasteiger partial charge in [-0.2, -0.15) is 0 Å². The van der Waals surface area contributed by atoms with Gasteiger partial charge in [-0.15, -0.1) is 0 Å². The third kappa shape index (κ3) is 4.87. The maximum atomic E-state index is 11.9. The smallest absolute Gasteiger partial charge is 0.410 e. The number of carbonyl (C=O) groups is 2. The maximum absolute atomic E-state index is 11.9. The normalized spacial score (nSPS) is 16.6. The largest absolute Gasteiger partial charge is 0.481 e. The van der Waals surface area contributed by atoms with E-state index in [-0.39, 0.29) is 6.09 Å². The number of nitrogens with zero attached hydrogens (tertiary/aromatic N) is 1. The van der Waals surface area contributed by atoms with E-state index < -0.39 is 17.0 Å². The molecule has 20 heavy (non-hydrogen) atoms. The van der Waals surface area contributed by atoms with Gasteiger partial charge in [0.05, 0.1) is 5.41 Å². The SMILES string of the molecule is CC(C)(C)OC(=O)N1CC=C(CC(C)(C)C(=O)O)CC1. The monoisotopic (exact) mass is 283 g/mol. The minimum atomic E-state index is -0.798. The van der Waals surface area contributed by atoms with Gasteiger partial charge in [-0.3, -0.25) is 4.79 Å². The summed E-state index contributed by atoms with van der Waals surface area (Å²) in [5.41, 5.74) is -0.163. The van der Waals surface area contributed by atoms with Gasteiger partial charge >= 0.3 is 12.1 Å². The van der Waals surface area contributed by atoms with Crippen molar-refractivity contribution in [1.29, 1.82) is 0 Å². The lowest BCUT2D eigenvalue weighted by molar-refractivity contribution is -0.146. The Labute approximate surface area is 120 Å². The Kier molecular flexibility index (Phi) is 4.84. The number of carbonyl (C=O) groups excluding carboxylic acids is 1. The molecule has 0 aromatic rings. The minimum Gasteiger partial charge on any atom is -0.481 e. The molecule has 0 bridgehead atoms. The molecule has 1 rings (SSSR count). The summed E-state index contributed by atoms with van der Waals surface area (Å²) in [4.78, 5) is 24.6. The van der Waals surface area contributed by atoms with Crippen LogP contribution in [-0.4, -0.2) is 40.8 Å². The van der Waals surface area contributed by atoms with E-state index in [9.17, 15) is 9.59 Å². The van der Waals surface area contributed by atoms with Crippen molar-refractivity contribution in [2.24, 2.45) is 5.41 Å². The zero-order valence-corrected chi connectivity index (χ0v) is 13.0. The van der Waals surface area contributed by atoms with Crippen LogP contribution in [0.4, 0.5) is 4.79 Å². The van der Waals surface area contributed by atoms with Crippen LogP contribution in [-0.2, 0) is 9.53 Å². The number of aliphatic carboxylic acids is 1. The summed E-state index contributed by atoms with van der Waals surface area (Å²) >= 11 is 0. The summed E-state index contributed by atoms with van der Waals surface area (Å²) < 4.78 is 5.32. The van der Waals surface area contributed by atoms with E-state index in [1.807, 2.05) is 26.8 Å². The lowest BCUT2D eigenvalue weighted by Crippen LogP contribution is -2.39. The Morgan fingerprint density at radius 1 is 1.30 bits per heavy atom. The first-order valence-electron chi connectivity index (χ1n) is 6.90. The molecule has 0 atom stereocenters. The number of amides is 1. The third-order valence-corrected chi connectivity index (χ3v) is 3.20. The maximum Gasteiger partial charge on any atom is 0.410 e. The van der Waals surface area contributed by atoms with Crippen LogP contribution < -0.4 is 0 Å². The number of hydrogen-bond donors (Lipinski definition) is 1. The summed E-state index contributed by atoms with van der Waals surface area (Å²) in [5.74, 6) is -0.798. The third-order valence-electron chi connectivity index (χ3n) is 3.20. The molecule has 114 valence electrons. The van der Waals surface area contributed by atoms with Crippen molar-refractivity contribution >= 4 is 12.1 Å². The lowest BCUT2D eigenvalue weighted by Gasteiger charge is -2.31. The molecule has 1 aliphatic rings. The molecule has 0 aromatic carbocycles. The van der Waals surface area contributed by atoms with Crippen LogP contribution in [0.25, 0.3) is 0 Å². The Balaban J connectivity index is 2.57. The summed E-state index contributed by atoms with van der Waals surface area (Å²) in [7, 11) is 0. The topological polar surface area (TPSA) is 66.8 Å². The van der Waals surface area contributed by atoms with Gasteiger partial charge in [0.25, 0.3) is 0 Å². The van der Waals surface area contributed by atoms with E-state index in [4.69, 9.17) is 9.84 Å². The first-order chi connectivity index (χ1) is 9.01. The lowest BCUT2D eigenvalue weighted by atomic mass is 9.84. The zero-order chi connectivity index (χ0) is 15.6. The van der Waals surface area contributed by atoms with E-state index in [1.54, 1.807) is 18.7 Å². The Bertz CT molecular complexity index is 418. The van der Waals surface area contributed by atoms with Crippen molar-refractivity contribution in [2.75, 3.05) is 13.1 Å². The van der Waals surface area contributed by atoms with Crippen molar-refractivity contribution < 1.29 is 19.4 Å². The van der Waals surface area contributed by atoms with Crippen LogP contribution in [0.1, 0.15) is 47.5 Å². The average Bonchev–Trinajstić information content (AvgIpc) is 2.26. The standard InChI is InChI=1S/C15H25NO4/c1-14(2,3)20-13(19)16-8-6-11(7-9-16)10-15(4,5)12(17)18/h6H,7-10H2,1-5H3,(H,17,18). The molecule has 1 aliphatic heterocycles. The van der Waals surface area contributed by atoms with E-state index >= 15 is 0 Å². The number of hydrogen-bond acceptors (Lipinski definition) is 3. The van der Waals surface area contributed by atoms with E-state index in [2.05, 4.69) is 0 Å². The fraction of sp³-hybridized carbons (Fsp3) is 0.733. The van der Waals surface area contributed by atoms with Crippen molar-refractivity contribution in [3.8, 4) is 0 Å². The summed E-state index contributed by atoms with van der Waals surface area (Å²) in [5, 5.41) is 9.13. The molecule has 0 unspecified atom stereocenters. The van der Waals surface area contributed by atoms with Crippen LogP contribution >= 0.6 is 0 Å². The van der Waals surface area contributed by atoms with Crippen LogP contribution in [0.2, 0.25) is 0 Å². The predicted molar refractivity (Wildman–Crippen MR) is 76.5 cm³/mol. The fourth-order valence-corrected chi connectivity index (χ4v) is 2.01. The second-order valence-corrected chi connectivity index (χ2v) is 6.90. The summed E-state index contributed by atoms with van der Waals surface area (Å²) in [6, 6.07) is 0. The summed E-state index contributed by atoms with van der Waals surface area (Å²) in [6.45, 7) is 10.0. The van der Waals surface area contributed by atoms with Crippen molar-refractivity contribution in [3.05, 3.63) is 11.6 Å². The highest BCUT2D eigenvalue weighted by molar-refractivity contribution is 5.74. The second kappa shape index (κ2) is 5.85. The minimum absolute atomic E-state index is 0.315. The molecule has 0 saturated heterocycles. The highest BCUT2D eigenvalue weighted by atomic mass is 16.6. The molecule has 0 spiro atoms. The molecule has 0 aliphatic carbocycles. The van der Waals surface area contributed by atoms with Crippen LogP contribution in [0.15, 0.2) is 11.6 Å². The van der Waals surface area contributed by atoms with Gasteiger partial charge in [0.15, 0.2) is 0 Å². The molecule has 5 nitrogen and oxygen atoms in total. The average molecular weight is 283 g/mol. The summed E-state index contributed by atoms with van der Waals surface area (Å²) in [6.07, 6.45) is 2.85. The fourth-order valence-electron chi connectivity index (χ4n) is 2.01. The zero-order valence-electron chi connectivity index (χ0n) is 13.0. The molecule has 5 heteroatoms. The number of ether oxygens (including phenoxy) is 1. The van der Waals surface area contributed by atoms with Gasteiger partial charge in [0.1, 0.15) is 5.60 Å². The Morgan fingerprint density at radius 2 is 1.90 bits per heavy atom.